The van der Waals surface area contributed by atoms with E-state index in [1.54, 1.807) is 6.92 Å². The summed E-state index contributed by atoms with van der Waals surface area (Å²) in [4.78, 5) is 14.3. The summed E-state index contributed by atoms with van der Waals surface area (Å²) in [5.41, 5.74) is -1.83. The van der Waals surface area contributed by atoms with Crippen LogP contribution in [0.2, 0.25) is 0 Å². The minimum atomic E-state index is -3.10. The monoisotopic (exact) mass is 414 g/mol. The Kier molecular flexibility index (Phi) is 5.97. The minimum absolute atomic E-state index is 0.0405. The number of β-amino-alcohol motifs (C(OH)–C–C–N with tert-alkyl or cyclic N) is 1. The van der Waals surface area contributed by atoms with E-state index in [4.69, 9.17) is 4.74 Å². The molecule has 2 saturated heterocycles. The van der Waals surface area contributed by atoms with E-state index in [9.17, 15) is 22.7 Å². The number of amides is 1. The van der Waals surface area contributed by atoms with Crippen molar-refractivity contribution in [2.45, 2.75) is 37.3 Å². The van der Waals surface area contributed by atoms with E-state index in [1.165, 1.54) is 24.3 Å². The SMILES string of the molecule is C[C@]1(NC(=O)CN2CCC[C@@](O)(COc3ccc(F)cc3)C2)CCS(=O)(=O)C1. The molecular weight excluding hydrogens is 387 g/mol. The second-order valence-electron chi connectivity index (χ2n) is 8.23. The molecule has 2 aliphatic heterocycles. The maximum Gasteiger partial charge on any atom is 0.234 e. The summed E-state index contributed by atoms with van der Waals surface area (Å²) in [6.07, 6.45) is 1.67. The highest BCUT2D eigenvalue weighted by Gasteiger charge is 2.40. The second kappa shape index (κ2) is 7.96. The van der Waals surface area contributed by atoms with Crippen LogP contribution in [0.3, 0.4) is 0 Å². The van der Waals surface area contributed by atoms with Crippen molar-refractivity contribution in [2.75, 3.05) is 37.7 Å². The molecule has 0 saturated carbocycles. The zero-order valence-corrected chi connectivity index (χ0v) is 16.8. The number of benzene rings is 1. The van der Waals surface area contributed by atoms with E-state index in [0.717, 1.165) is 0 Å². The Morgan fingerprint density at radius 2 is 2.04 bits per heavy atom. The van der Waals surface area contributed by atoms with Crippen molar-refractivity contribution < 1.29 is 27.4 Å². The van der Waals surface area contributed by atoms with Crippen molar-refractivity contribution in [3.8, 4) is 5.75 Å². The van der Waals surface area contributed by atoms with Gasteiger partial charge in [-0.15, -0.1) is 0 Å². The zero-order chi connectivity index (χ0) is 20.4. The molecule has 1 aromatic carbocycles. The van der Waals surface area contributed by atoms with E-state index >= 15 is 0 Å². The van der Waals surface area contributed by atoms with Gasteiger partial charge < -0.3 is 15.2 Å². The van der Waals surface area contributed by atoms with Crippen LogP contribution in [0.4, 0.5) is 4.39 Å². The standard InChI is InChI=1S/C19H27FN2O5S/c1-18(8-10-28(25,26)14-18)21-17(23)11-22-9-2-7-19(24,12-22)13-27-16-5-3-15(20)4-6-16/h3-6,24H,2,7-14H2,1H3,(H,21,23)/t18-,19-/m0/s1. The van der Waals surface area contributed by atoms with Gasteiger partial charge in [0.1, 0.15) is 23.8 Å². The summed E-state index contributed by atoms with van der Waals surface area (Å²) >= 11 is 0. The van der Waals surface area contributed by atoms with Crippen molar-refractivity contribution in [1.82, 2.24) is 10.2 Å². The molecule has 2 fully saturated rings. The highest BCUT2D eigenvalue weighted by molar-refractivity contribution is 7.91. The van der Waals surface area contributed by atoms with Gasteiger partial charge in [-0.25, -0.2) is 12.8 Å². The number of likely N-dealkylation sites (tertiary alicyclic amines) is 1. The Balaban J connectivity index is 1.51. The van der Waals surface area contributed by atoms with Crippen LogP contribution in [-0.4, -0.2) is 73.2 Å². The lowest BCUT2D eigenvalue weighted by atomic mass is 9.93. The number of rotatable bonds is 6. The quantitative estimate of drug-likeness (QED) is 0.712. The number of hydrogen-bond donors (Lipinski definition) is 2. The summed E-state index contributed by atoms with van der Waals surface area (Å²) in [5.74, 6) is -0.0807. The zero-order valence-electron chi connectivity index (χ0n) is 16.0. The number of carbonyl (C=O) groups is 1. The largest absolute Gasteiger partial charge is 0.491 e. The van der Waals surface area contributed by atoms with Crippen molar-refractivity contribution in [3.05, 3.63) is 30.1 Å². The summed E-state index contributed by atoms with van der Waals surface area (Å²) in [6, 6.07) is 5.59. The predicted octanol–water partition coefficient (Wildman–Crippen LogP) is 0.725. The molecule has 7 nitrogen and oxygen atoms in total. The Hall–Kier alpha value is -1.71. The number of aliphatic hydroxyl groups is 1. The van der Waals surface area contributed by atoms with Gasteiger partial charge in [-0.05, 0) is 57.0 Å². The first-order valence-electron chi connectivity index (χ1n) is 9.41. The third kappa shape index (κ3) is 5.65. The van der Waals surface area contributed by atoms with Crippen LogP contribution >= 0.6 is 0 Å². The first-order chi connectivity index (χ1) is 13.1. The van der Waals surface area contributed by atoms with E-state index in [1.807, 2.05) is 4.90 Å². The molecule has 2 N–H and O–H groups in total. The smallest absolute Gasteiger partial charge is 0.234 e. The topological polar surface area (TPSA) is 95.9 Å². The van der Waals surface area contributed by atoms with Gasteiger partial charge in [0.25, 0.3) is 0 Å². The first kappa shape index (κ1) is 21.0. The fraction of sp³-hybridized carbons (Fsp3) is 0.632. The summed E-state index contributed by atoms with van der Waals surface area (Å²) in [7, 11) is -3.10. The van der Waals surface area contributed by atoms with Crippen LogP contribution in [0.15, 0.2) is 24.3 Å². The Morgan fingerprint density at radius 3 is 2.68 bits per heavy atom. The van der Waals surface area contributed by atoms with Crippen LogP contribution in [0.1, 0.15) is 26.2 Å². The third-order valence-corrected chi connectivity index (χ3v) is 7.17. The van der Waals surface area contributed by atoms with E-state index in [2.05, 4.69) is 5.32 Å². The number of nitrogens with zero attached hydrogens (tertiary/aromatic N) is 1. The number of halogens is 1. The van der Waals surface area contributed by atoms with Crippen LogP contribution < -0.4 is 10.1 Å². The molecular formula is C19H27FN2O5S. The van der Waals surface area contributed by atoms with Gasteiger partial charge in [-0.2, -0.15) is 0 Å². The number of ether oxygens (including phenoxy) is 1. The van der Waals surface area contributed by atoms with Crippen LogP contribution in [0.25, 0.3) is 0 Å². The molecule has 9 heteroatoms. The van der Waals surface area contributed by atoms with E-state index in [-0.39, 0.29) is 42.9 Å². The number of piperidine rings is 1. The molecule has 0 radical (unpaired) electrons. The number of nitrogens with one attached hydrogen (secondary N) is 1. The maximum absolute atomic E-state index is 13.0. The average Bonchev–Trinajstić information content (AvgIpc) is 2.87. The molecule has 0 unspecified atom stereocenters. The van der Waals surface area contributed by atoms with Crippen molar-refractivity contribution in [1.29, 1.82) is 0 Å². The number of sulfone groups is 1. The van der Waals surface area contributed by atoms with Crippen molar-refractivity contribution in [3.63, 3.8) is 0 Å². The molecule has 0 aliphatic carbocycles. The Labute approximate surface area is 164 Å². The van der Waals surface area contributed by atoms with Gasteiger partial charge in [0, 0.05) is 6.54 Å². The minimum Gasteiger partial charge on any atom is -0.491 e. The van der Waals surface area contributed by atoms with Crippen LogP contribution in [-0.2, 0) is 14.6 Å². The lowest BCUT2D eigenvalue weighted by molar-refractivity contribution is -0.126. The van der Waals surface area contributed by atoms with Gasteiger partial charge in [0.15, 0.2) is 9.84 Å². The van der Waals surface area contributed by atoms with Gasteiger partial charge >= 0.3 is 0 Å². The molecule has 2 heterocycles. The summed E-state index contributed by atoms with van der Waals surface area (Å²) in [5, 5.41) is 13.7. The fourth-order valence-corrected chi connectivity index (χ4v) is 5.99. The summed E-state index contributed by atoms with van der Waals surface area (Å²) < 4.78 is 41.9. The predicted molar refractivity (Wildman–Crippen MR) is 102 cm³/mol. The molecule has 0 spiro atoms. The Morgan fingerprint density at radius 1 is 1.32 bits per heavy atom. The molecule has 0 bridgehead atoms. The van der Waals surface area contributed by atoms with Crippen LogP contribution in [0.5, 0.6) is 5.75 Å². The second-order valence-corrected chi connectivity index (χ2v) is 10.4. The molecule has 0 aromatic heterocycles. The molecule has 28 heavy (non-hydrogen) atoms. The molecule has 2 atom stereocenters. The van der Waals surface area contributed by atoms with Crippen molar-refractivity contribution >= 4 is 15.7 Å². The molecule has 3 rings (SSSR count). The lowest BCUT2D eigenvalue weighted by Crippen LogP contribution is -2.55. The lowest BCUT2D eigenvalue weighted by Gasteiger charge is -2.39. The third-order valence-electron chi connectivity index (χ3n) is 5.27. The van der Waals surface area contributed by atoms with Gasteiger partial charge in [-0.3, -0.25) is 9.69 Å². The van der Waals surface area contributed by atoms with Gasteiger partial charge in [0.2, 0.25) is 5.91 Å². The molecule has 2 aliphatic rings. The first-order valence-corrected chi connectivity index (χ1v) is 11.2. The molecule has 1 amide bonds. The molecule has 1 aromatic rings. The van der Waals surface area contributed by atoms with Crippen molar-refractivity contribution in [2.24, 2.45) is 0 Å². The maximum atomic E-state index is 13.0. The Bertz CT molecular complexity index is 816. The van der Waals surface area contributed by atoms with E-state index < -0.39 is 21.0 Å². The highest BCUT2D eigenvalue weighted by atomic mass is 32.2. The summed E-state index contributed by atoms with van der Waals surface area (Å²) in [6.45, 7) is 2.83. The van der Waals surface area contributed by atoms with Crippen LogP contribution in [0, 0.1) is 5.82 Å². The highest BCUT2D eigenvalue weighted by Crippen LogP contribution is 2.25. The normalized spacial score (nSPS) is 30.1. The fourth-order valence-electron chi connectivity index (χ4n) is 3.90. The van der Waals surface area contributed by atoms with Gasteiger partial charge in [0.05, 0.1) is 23.6 Å². The molecule has 156 valence electrons. The van der Waals surface area contributed by atoms with Gasteiger partial charge in [-0.1, -0.05) is 0 Å². The van der Waals surface area contributed by atoms with E-state index in [0.29, 0.717) is 31.6 Å². The average molecular weight is 414 g/mol. The number of hydrogen-bond acceptors (Lipinski definition) is 6. The number of carbonyl (C=O) groups excluding carboxylic acids is 1.